The summed E-state index contributed by atoms with van der Waals surface area (Å²) in [5, 5.41) is 11.0. The van der Waals surface area contributed by atoms with Gasteiger partial charge in [-0.05, 0) is 31.2 Å². The number of hydrogen-bond donors (Lipinski definition) is 1. The first-order valence-corrected chi connectivity index (χ1v) is 8.09. The predicted molar refractivity (Wildman–Crippen MR) is 90.5 cm³/mol. The summed E-state index contributed by atoms with van der Waals surface area (Å²) in [4.78, 5) is 36.5. The number of rotatable bonds is 5. The largest absolute Gasteiger partial charge is 0.349 e. The van der Waals surface area contributed by atoms with Crippen molar-refractivity contribution in [3.8, 4) is 0 Å². The van der Waals surface area contributed by atoms with Crippen molar-refractivity contribution in [2.75, 3.05) is 6.54 Å². The summed E-state index contributed by atoms with van der Waals surface area (Å²) in [6.07, 6.45) is 0. The fraction of sp³-hybridized carbons (Fsp3) is 0.188. The van der Waals surface area contributed by atoms with Crippen molar-refractivity contribution < 1.29 is 9.59 Å². The third-order valence-corrected chi connectivity index (χ3v) is 4.60. The van der Waals surface area contributed by atoms with Crippen molar-refractivity contribution in [3.05, 3.63) is 56.5 Å². The molecule has 1 N–H and O–H groups in total. The lowest BCUT2D eigenvalue weighted by Crippen LogP contribution is -2.32. The van der Waals surface area contributed by atoms with Crippen molar-refractivity contribution in [2.24, 2.45) is 0 Å². The summed E-state index contributed by atoms with van der Waals surface area (Å²) < 4.78 is 1.22. The normalized spacial score (nSPS) is 10.7. The molecule has 0 radical (unpaired) electrons. The van der Waals surface area contributed by atoms with Gasteiger partial charge < -0.3 is 5.32 Å². The number of nitrogens with zero attached hydrogens (tertiary/aromatic N) is 3. The second-order valence-electron chi connectivity index (χ2n) is 5.11. The molecular weight excluding hydrogens is 328 g/mol. The van der Waals surface area contributed by atoms with E-state index >= 15 is 0 Å². The van der Waals surface area contributed by atoms with Gasteiger partial charge in [0.2, 0.25) is 0 Å². The number of benzene rings is 1. The van der Waals surface area contributed by atoms with Crippen LogP contribution in [0, 0.1) is 0 Å². The number of nitrogens with one attached hydrogen (secondary N) is 1. The van der Waals surface area contributed by atoms with E-state index in [2.05, 4.69) is 15.6 Å². The van der Waals surface area contributed by atoms with E-state index in [9.17, 15) is 14.4 Å². The zero-order chi connectivity index (χ0) is 17.1. The first-order chi connectivity index (χ1) is 11.6. The van der Waals surface area contributed by atoms with E-state index in [4.69, 9.17) is 0 Å². The molecule has 2 heterocycles. The number of thiophene rings is 1. The molecule has 3 aromatic rings. The molecule has 0 bridgehead atoms. The van der Waals surface area contributed by atoms with Gasteiger partial charge in [-0.25, -0.2) is 4.68 Å². The average Bonchev–Trinajstić information content (AvgIpc) is 3.07. The highest BCUT2D eigenvalue weighted by Crippen LogP contribution is 2.16. The summed E-state index contributed by atoms with van der Waals surface area (Å²) in [6.45, 7) is 1.91. The van der Waals surface area contributed by atoms with Gasteiger partial charge in [0.15, 0.2) is 5.78 Å². The highest BCUT2D eigenvalue weighted by Gasteiger charge is 2.11. The van der Waals surface area contributed by atoms with Gasteiger partial charge in [-0.3, -0.25) is 14.4 Å². The Morgan fingerprint density at radius 3 is 2.67 bits per heavy atom. The second kappa shape index (κ2) is 6.71. The molecule has 0 spiro atoms. The Hall–Kier alpha value is -2.87. The Bertz CT molecular complexity index is 977. The Labute approximate surface area is 140 Å². The third-order valence-electron chi connectivity index (χ3n) is 3.42. The van der Waals surface area contributed by atoms with Crippen LogP contribution in [0.1, 0.15) is 26.3 Å². The molecule has 0 saturated carbocycles. The maximum absolute atomic E-state index is 12.3. The third kappa shape index (κ3) is 3.23. The molecule has 7 nitrogen and oxygen atoms in total. The van der Waals surface area contributed by atoms with Crippen LogP contribution in [0.15, 0.2) is 41.2 Å². The standard InChI is InChI=1S/C16H14N4O3S/c1-10(21)13-6-7-14(24-13)15(22)17-8-9-20-16(23)11-4-2-3-5-12(11)18-19-20/h2-7H,8-9H2,1H3,(H,17,22). The molecule has 1 amide bonds. The zero-order valence-electron chi connectivity index (χ0n) is 12.9. The van der Waals surface area contributed by atoms with E-state index < -0.39 is 0 Å². The first-order valence-electron chi connectivity index (χ1n) is 7.28. The molecule has 3 rings (SSSR count). The minimum Gasteiger partial charge on any atom is -0.349 e. The van der Waals surface area contributed by atoms with Crippen molar-refractivity contribution in [1.29, 1.82) is 0 Å². The Balaban J connectivity index is 1.66. The van der Waals surface area contributed by atoms with E-state index in [1.807, 2.05) is 0 Å². The van der Waals surface area contributed by atoms with Gasteiger partial charge >= 0.3 is 0 Å². The summed E-state index contributed by atoms with van der Waals surface area (Å²) in [5.74, 6) is -0.355. The molecule has 0 fully saturated rings. The maximum Gasteiger partial charge on any atom is 0.277 e. The average molecular weight is 342 g/mol. The number of fused-ring (bicyclic) bond motifs is 1. The van der Waals surface area contributed by atoms with Gasteiger partial charge in [0.1, 0.15) is 5.52 Å². The summed E-state index contributed by atoms with van der Waals surface area (Å²) in [7, 11) is 0. The quantitative estimate of drug-likeness (QED) is 0.709. The predicted octanol–water partition coefficient (Wildman–Crippen LogP) is 1.49. The fourth-order valence-electron chi connectivity index (χ4n) is 2.18. The number of ketones is 1. The van der Waals surface area contributed by atoms with Crippen LogP contribution in [0.25, 0.3) is 10.9 Å². The van der Waals surface area contributed by atoms with Crippen LogP contribution in [-0.4, -0.2) is 33.2 Å². The maximum atomic E-state index is 12.3. The molecule has 0 aliphatic heterocycles. The number of Topliss-reactive ketones (excluding diaryl/α,β-unsaturated/α-hetero) is 1. The fourth-order valence-corrected chi connectivity index (χ4v) is 3.00. The minimum absolute atomic E-state index is 0.0722. The van der Waals surface area contributed by atoms with Crippen LogP contribution in [0.3, 0.4) is 0 Å². The molecule has 0 saturated heterocycles. The number of carbonyl (C=O) groups is 2. The lowest BCUT2D eigenvalue weighted by Gasteiger charge is -2.06. The smallest absolute Gasteiger partial charge is 0.277 e. The van der Waals surface area contributed by atoms with Crippen LogP contribution < -0.4 is 10.9 Å². The van der Waals surface area contributed by atoms with E-state index in [0.717, 1.165) is 11.3 Å². The molecule has 8 heteroatoms. The van der Waals surface area contributed by atoms with Gasteiger partial charge in [0, 0.05) is 6.54 Å². The van der Waals surface area contributed by atoms with Crippen molar-refractivity contribution in [1.82, 2.24) is 20.3 Å². The Morgan fingerprint density at radius 1 is 1.17 bits per heavy atom. The first kappa shape index (κ1) is 16.0. The van der Waals surface area contributed by atoms with Crippen molar-refractivity contribution >= 4 is 33.9 Å². The van der Waals surface area contributed by atoms with E-state index in [0.29, 0.717) is 20.7 Å². The van der Waals surface area contributed by atoms with E-state index in [1.165, 1.54) is 11.6 Å². The number of carbonyl (C=O) groups excluding carboxylic acids is 2. The van der Waals surface area contributed by atoms with Gasteiger partial charge in [-0.2, -0.15) is 0 Å². The van der Waals surface area contributed by atoms with Crippen LogP contribution in [0.5, 0.6) is 0 Å². The Kier molecular flexibility index (Phi) is 4.48. The second-order valence-corrected chi connectivity index (χ2v) is 6.19. The van der Waals surface area contributed by atoms with Crippen LogP contribution in [0.4, 0.5) is 0 Å². The molecule has 0 aliphatic rings. The van der Waals surface area contributed by atoms with Crippen LogP contribution in [-0.2, 0) is 6.54 Å². The topological polar surface area (TPSA) is 93.9 Å². The summed E-state index contributed by atoms with van der Waals surface area (Å²) >= 11 is 1.14. The molecule has 24 heavy (non-hydrogen) atoms. The molecule has 122 valence electrons. The highest BCUT2D eigenvalue weighted by atomic mass is 32.1. The van der Waals surface area contributed by atoms with Crippen molar-refractivity contribution in [2.45, 2.75) is 13.5 Å². The monoisotopic (exact) mass is 342 g/mol. The molecule has 0 aliphatic carbocycles. The number of hydrogen-bond acceptors (Lipinski definition) is 6. The van der Waals surface area contributed by atoms with Crippen LogP contribution in [0.2, 0.25) is 0 Å². The van der Waals surface area contributed by atoms with Gasteiger partial charge in [0.05, 0.1) is 21.7 Å². The van der Waals surface area contributed by atoms with Gasteiger partial charge in [0.25, 0.3) is 11.5 Å². The SMILES string of the molecule is CC(=O)c1ccc(C(=O)NCCn2nnc3ccccc3c2=O)s1. The van der Waals surface area contributed by atoms with Crippen LogP contribution >= 0.6 is 11.3 Å². The lowest BCUT2D eigenvalue weighted by atomic mass is 10.2. The minimum atomic E-state index is -0.283. The molecule has 2 aromatic heterocycles. The van der Waals surface area contributed by atoms with Gasteiger partial charge in [-0.1, -0.05) is 17.3 Å². The molecule has 0 atom stereocenters. The highest BCUT2D eigenvalue weighted by molar-refractivity contribution is 7.15. The van der Waals surface area contributed by atoms with Gasteiger partial charge in [-0.15, -0.1) is 16.4 Å². The molecule has 0 unspecified atom stereocenters. The summed E-state index contributed by atoms with van der Waals surface area (Å²) in [5.41, 5.74) is 0.294. The van der Waals surface area contributed by atoms with E-state index in [1.54, 1.807) is 36.4 Å². The van der Waals surface area contributed by atoms with Crippen molar-refractivity contribution in [3.63, 3.8) is 0 Å². The van der Waals surface area contributed by atoms with E-state index in [-0.39, 0.29) is 30.3 Å². The number of aromatic nitrogens is 3. The zero-order valence-corrected chi connectivity index (χ0v) is 13.7. The molecule has 1 aromatic carbocycles. The lowest BCUT2D eigenvalue weighted by molar-refractivity contribution is 0.0955. The molecular formula is C16H14N4O3S. The summed E-state index contributed by atoms with van der Waals surface area (Å²) in [6, 6.07) is 10.2. The Morgan fingerprint density at radius 2 is 1.92 bits per heavy atom. The number of amides is 1.